The van der Waals surface area contributed by atoms with Crippen molar-refractivity contribution in [2.24, 2.45) is 0 Å². The summed E-state index contributed by atoms with van der Waals surface area (Å²) in [6.45, 7) is 1.35. The van der Waals surface area contributed by atoms with Crippen LogP contribution in [0.5, 0.6) is 0 Å². The minimum absolute atomic E-state index is 0.103. The molecule has 0 spiro atoms. The van der Waals surface area contributed by atoms with E-state index in [1.54, 1.807) is 0 Å². The van der Waals surface area contributed by atoms with E-state index in [2.05, 4.69) is 0 Å². The zero-order valence-electron chi connectivity index (χ0n) is 8.94. The fraction of sp³-hybridized carbons (Fsp3) is 0.300. The summed E-state index contributed by atoms with van der Waals surface area (Å²) in [4.78, 5) is 20.7. The van der Waals surface area contributed by atoms with Crippen LogP contribution in [0.25, 0.3) is 0 Å². The summed E-state index contributed by atoms with van der Waals surface area (Å²) in [5.74, 6) is -1.39. The zero-order valence-corrected chi connectivity index (χ0v) is 8.94. The molecule has 0 saturated carbocycles. The molecule has 0 bridgehead atoms. The molecule has 1 rings (SSSR count). The summed E-state index contributed by atoms with van der Waals surface area (Å²) in [6, 6.07) is 4.29. The molecule has 1 amide bonds. The number of hydrogen-bond donors (Lipinski definition) is 1. The van der Waals surface area contributed by atoms with E-state index < -0.39 is 17.3 Å². The first-order valence-corrected chi connectivity index (χ1v) is 4.72. The minimum Gasteiger partial charge on any atom is -0.347 e. The molecule has 0 fully saturated rings. The Kier molecular flexibility index (Phi) is 4.08. The molecule has 7 heteroatoms. The molecule has 0 aliphatic carbocycles. The van der Waals surface area contributed by atoms with Crippen molar-refractivity contribution in [3.05, 3.63) is 39.4 Å². The highest BCUT2D eigenvalue weighted by molar-refractivity contribution is 5.79. The molecule has 0 saturated heterocycles. The Morgan fingerprint density at radius 1 is 1.53 bits per heavy atom. The van der Waals surface area contributed by atoms with Crippen LogP contribution in [0.1, 0.15) is 11.1 Å². The Bertz CT molecular complexity index is 449. The second-order valence-corrected chi connectivity index (χ2v) is 3.34. The van der Waals surface area contributed by atoms with E-state index in [0.717, 1.165) is 0 Å². The van der Waals surface area contributed by atoms with Crippen LogP contribution in [0.3, 0.4) is 0 Å². The molecule has 1 aromatic carbocycles. The molecule has 0 aliphatic heterocycles. The standard InChI is InChI=1S/C10H10F2N2O3/c1-6-7(5-13-10(15)9(11)12)3-2-4-8(6)14(16)17/h2-4,9H,5H2,1H3,(H,13,15). The highest BCUT2D eigenvalue weighted by Crippen LogP contribution is 2.20. The van der Waals surface area contributed by atoms with Crippen molar-refractivity contribution in [3.63, 3.8) is 0 Å². The molecule has 0 aliphatic rings. The molecular formula is C10H10F2N2O3. The lowest BCUT2D eigenvalue weighted by atomic mass is 10.1. The van der Waals surface area contributed by atoms with Crippen LogP contribution in [0.15, 0.2) is 18.2 Å². The van der Waals surface area contributed by atoms with Gasteiger partial charge in [-0.25, -0.2) is 0 Å². The molecule has 92 valence electrons. The first-order chi connectivity index (χ1) is 7.93. The predicted octanol–water partition coefficient (Wildman–Crippen LogP) is 1.78. The number of nitro groups is 1. The summed E-state index contributed by atoms with van der Waals surface area (Å²) in [6.07, 6.45) is -3.09. The van der Waals surface area contributed by atoms with Gasteiger partial charge in [0.2, 0.25) is 0 Å². The molecule has 0 atom stereocenters. The molecule has 17 heavy (non-hydrogen) atoms. The lowest BCUT2D eigenvalue weighted by Gasteiger charge is -2.07. The normalized spacial score (nSPS) is 10.4. The van der Waals surface area contributed by atoms with Crippen molar-refractivity contribution in [2.75, 3.05) is 0 Å². The van der Waals surface area contributed by atoms with Crippen molar-refractivity contribution in [2.45, 2.75) is 19.9 Å². The third-order valence-corrected chi connectivity index (χ3v) is 2.27. The van der Waals surface area contributed by atoms with Crippen LogP contribution >= 0.6 is 0 Å². The molecule has 0 heterocycles. The maximum atomic E-state index is 11.9. The van der Waals surface area contributed by atoms with Crippen molar-refractivity contribution in [3.8, 4) is 0 Å². The Morgan fingerprint density at radius 2 is 2.18 bits per heavy atom. The Morgan fingerprint density at radius 3 is 2.71 bits per heavy atom. The summed E-state index contributed by atoms with van der Waals surface area (Å²) in [5, 5.41) is 12.6. The number of hydrogen-bond acceptors (Lipinski definition) is 3. The van der Waals surface area contributed by atoms with Gasteiger partial charge in [-0.1, -0.05) is 12.1 Å². The van der Waals surface area contributed by atoms with Crippen molar-refractivity contribution >= 4 is 11.6 Å². The third-order valence-electron chi connectivity index (χ3n) is 2.27. The highest BCUT2D eigenvalue weighted by Gasteiger charge is 2.17. The number of halogens is 2. The number of carbonyl (C=O) groups excluding carboxylic acids is 1. The molecule has 5 nitrogen and oxygen atoms in total. The summed E-state index contributed by atoms with van der Waals surface area (Å²) in [5.41, 5.74) is 0.689. The largest absolute Gasteiger partial charge is 0.347 e. The van der Waals surface area contributed by atoms with Gasteiger partial charge >= 0.3 is 6.43 Å². The van der Waals surface area contributed by atoms with E-state index in [0.29, 0.717) is 11.1 Å². The van der Waals surface area contributed by atoms with Gasteiger partial charge in [-0.15, -0.1) is 0 Å². The summed E-state index contributed by atoms with van der Waals surface area (Å²) < 4.78 is 23.8. The van der Waals surface area contributed by atoms with E-state index in [1.165, 1.54) is 25.1 Å². The van der Waals surface area contributed by atoms with Crippen LogP contribution < -0.4 is 5.32 Å². The molecule has 1 aromatic rings. The monoisotopic (exact) mass is 244 g/mol. The number of alkyl halides is 2. The SMILES string of the molecule is Cc1c(CNC(=O)C(F)F)cccc1[N+](=O)[O-]. The van der Waals surface area contributed by atoms with E-state index in [1.807, 2.05) is 5.32 Å². The summed E-state index contributed by atoms with van der Waals surface area (Å²) >= 11 is 0. The number of nitrogens with one attached hydrogen (secondary N) is 1. The van der Waals surface area contributed by atoms with Crippen LogP contribution in [0.4, 0.5) is 14.5 Å². The Labute approximate surface area is 95.6 Å². The second kappa shape index (κ2) is 5.33. The van der Waals surface area contributed by atoms with E-state index in [-0.39, 0.29) is 12.2 Å². The van der Waals surface area contributed by atoms with Gasteiger partial charge in [-0.05, 0) is 12.5 Å². The van der Waals surface area contributed by atoms with Gasteiger partial charge < -0.3 is 5.32 Å². The highest BCUT2D eigenvalue weighted by atomic mass is 19.3. The Balaban J connectivity index is 2.82. The molecular weight excluding hydrogens is 234 g/mol. The van der Waals surface area contributed by atoms with Crippen molar-refractivity contribution in [1.82, 2.24) is 5.32 Å². The average molecular weight is 244 g/mol. The first kappa shape index (κ1) is 13.0. The lowest BCUT2D eigenvalue weighted by molar-refractivity contribution is -0.385. The maximum Gasteiger partial charge on any atom is 0.315 e. The number of benzene rings is 1. The number of rotatable bonds is 4. The van der Waals surface area contributed by atoms with Gasteiger partial charge in [0.25, 0.3) is 11.6 Å². The van der Waals surface area contributed by atoms with E-state index in [9.17, 15) is 23.7 Å². The van der Waals surface area contributed by atoms with Gasteiger partial charge in [-0.3, -0.25) is 14.9 Å². The van der Waals surface area contributed by atoms with Crippen LogP contribution in [-0.4, -0.2) is 17.3 Å². The average Bonchev–Trinajstić information content (AvgIpc) is 2.26. The first-order valence-electron chi connectivity index (χ1n) is 4.72. The van der Waals surface area contributed by atoms with Crippen molar-refractivity contribution in [1.29, 1.82) is 0 Å². The molecule has 0 aromatic heterocycles. The second-order valence-electron chi connectivity index (χ2n) is 3.34. The topological polar surface area (TPSA) is 72.2 Å². The quantitative estimate of drug-likeness (QED) is 0.648. The number of nitrogens with zero attached hydrogens (tertiary/aromatic N) is 1. The van der Waals surface area contributed by atoms with E-state index >= 15 is 0 Å². The van der Waals surface area contributed by atoms with Gasteiger partial charge in [0.05, 0.1) is 4.92 Å². The zero-order chi connectivity index (χ0) is 13.0. The fourth-order valence-corrected chi connectivity index (χ4v) is 1.32. The minimum atomic E-state index is -3.09. The molecule has 1 N–H and O–H groups in total. The van der Waals surface area contributed by atoms with Gasteiger partial charge in [0.15, 0.2) is 0 Å². The van der Waals surface area contributed by atoms with Crippen LogP contribution in [0.2, 0.25) is 0 Å². The van der Waals surface area contributed by atoms with Gasteiger partial charge in [-0.2, -0.15) is 8.78 Å². The number of amides is 1. The van der Waals surface area contributed by atoms with Crippen molar-refractivity contribution < 1.29 is 18.5 Å². The predicted molar refractivity (Wildman–Crippen MR) is 55.7 cm³/mol. The van der Waals surface area contributed by atoms with Crippen LogP contribution in [0, 0.1) is 17.0 Å². The fourth-order valence-electron chi connectivity index (χ4n) is 1.32. The summed E-state index contributed by atoms with van der Waals surface area (Å²) in [7, 11) is 0. The van der Waals surface area contributed by atoms with Gasteiger partial charge in [0.1, 0.15) is 0 Å². The third kappa shape index (κ3) is 3.20. The van der Waals surface area contributed by atoms with E-state index in [4.69, 9.17) is 0 Å². The Hall–Kier alpha value is -2.05. The molecule has 0 radical (unpaired) electrons. The number of nitro benzene ring substituents is 1. The molecule has 0 unspecified atom stereocenters. The number of carbonyl (C=O) groups is 1. The smallest absolute Gasteiger partial charge is 0.315 e. The van der Waals surface area contributed by atoms with Crippen LogP contribution in [-0.2, 0) is 11.3 Å². The maximum absolute atomic E-state index is 11.9. The lowest BCUT2D eigenvalue weighted by Crippen LogP contribution is -2.29. The van der Waals surface area contributed by atoms with Gasteiger partial charge in [0, 0.05) is 18.2 Å².